The molecule has 0 aliphatic rings. The minimum Gasteiger partial charge on any atom is -0.310 e. The summed E-state index contributed by atoms with van der Waals surface area (Å²) in [4.78, 5) is 35.5. The van der Waals surface area contributed by atoms with Gasteiger partial charge in [-0.05, 0) is 30.7 Å². The van der Waals surface area contributed by atoms with Crippen LogP contribution in [0.3, 0.4) is 0 Å². The van der Waals surface area contributed by atoms with Crippen LogP contribution in [-0.4, -0.2) is 21.6 Å². The zero-order valence-electron chi connectivity index (χ0n) is 15.6. The number of aryl methyl sites for hydroxylation is 1. The fraction of sp³-hybridized carbons (Fsp3) is 0.0952. The van der Waals surface area contributed by atoms with Crippen molar-refractivity contribution < 1.29 is 9.72 Å². The van der Waals surface area contributed by atoms with E-state index >= 15 is 0 Å². The number of carbonyl (C=O) groups is 1. The van der Waals surface area contributed by atoms with Crippen LogP contribution in [0.2, 0.25) is 0 Å². The maximum Gasteiger partial charge on any atom is 0.278 e. The molecule has 0 atom stereocenters. The number of hydrogen-bond acceptors (Lipinski definition) is 5. The molecule has 1 heterocycles. The number of nitrogens with one attached hydrogen (secondary N) is 1. The van der Waals surface area contributed by atoms with Crippen LogP contribution in [0.25, 0.3) is 0 Å². The lowest BCUT2D eigenvalue weighted by Crippen LogP contribution is -2.30. The van der Waals surface area contributed by atoms with Crippen molar-refractivity contribution in [1.29, 1.82) is 0 Å². The minimum atomic E-state index is -0.691. The van der Waals surface area contributed by atoms with Crippen LogP contribution >= 0.6 is 0 Å². The first-order valence-electron chi connectivity index (χ1n) is 8.77. The summed E-state index contributed by atoms with van der Waals surface area (Å²) in [7, 11) is 0. The van der Waals surface area contributed by atoms with Crippen molar-refractivity contribution in [3.05, 3.63) is 110 Å². The molecule has 0 fully saturated rings. The zero-order valence-corrected chi connectivity index (χ0v) is 15.6. The number of nitro benzene ring substituents is 1. The monoisotopic (exact) mass is 390 g/mol. The molecule has 1 N–H and O–H groups in total. The summed E-state index contributed by atoms with van der Waals surface area (Å²) < 4.78 is 1.44. The van der Waals surface area contributed by atoms with Gasteiger partial charge in [0.25, 0.3) is 17.2 Å². The number of hydrogen-bond donors (Lipinski definition) is 1. The summed E-state index contributed by atoms with van der Waals surface area (Å²) in [6, 6.07) is 16.8. The lowest BCUT2D eigenvalue weighted by Gasteiger charge is -2.08. The van der Waals surface area contributed by atoms with Crippen molar-refractivity contribution in [2.24, 2.45) is 5.10 Å². The molecule has 8 nitrogen and oxygen atoms in total. The second kappa shape index (κ2) is 8.75. The third-order valence-electron chi connectivity index (χ3n) is 4.20. The molecule has 8 heteroatoms. The van der Waals surface area contributed by atoms with Crippen LogP contribution in [0.1, 0.15) is 27.0 Å². The number of hydrazone groups is 1. The molecule has 0 spiro atoms. The van der Waals surface area contributed by atoms with Crippen molar-refractivity contribution in [3.63, 3.8) is 0 Å². The molecule has 0 saturated carbocycles. The third kappa shape index (κ3) is 4.81. The quantitative estimate of drug-likeness (QED) is 0.397. The van der Waals surface area contributed by atoms with Crippen molar-refractivity contribution in [2.45, 2.75) is 13.5 Å². The zero-order chi connectivity index (χ0) is 20.8. The summed E-state index contributed by atoms with van der Waals surface area (Å²) >= 11 is 0. The molecule has 1 amide bonds. The van der Waals surface area contributed by atoms with Crippen LogP contribution < -0.4 is 11.0 Å². The standard InChI is InChI=1S/C21H18N4O4/c1-15-6-4-7-16(12-15)14-24-11-5-9-18(21(24)27)20(26)23-22-13-17-8-2-3-10-19(17)25(28)29/h2-13H,14H2,1H3,(H,23,26)/b22-13-. The largest absolute Gasteiger partial charge is 0.310 e. The van der Waals surface area contributed by atoms with Gasteiger partial charge >= 0.3 is 0 Å². The smallest absolute Gasteiger partial charge is 0.278 e. The fourth-order valence-electron chi connectivity index (χ4n) is 2.82. The molecular weight excluding hydrogens is 372 g/mol. The summed E-state index contributed by atoms with van der Waals surface area (Å²) in [5, 5.41) is 14.8. The molecule has 0 bridgehead atoms. The van der Waals surface area contributed by atoms with Gasteiger partial charge in [0, 0.05) is 12.3 Å². The minimum absolute atomic E-state index is 0.0696. The summed E-state index contributed by atoms with van der Waals surface area (Å²) in [6.45, 7) is 2.30. The van der Waals surface area contributed by atoms with Gasteiger partial charge in [-0.25, -0.2) is 5.43 Å². The molecule has 3 aromatic rings. The van der Waals surface area contributed by atoms with Crippen molar-refractivity contribution in [1.82, 2.24) is 9.99 Å². The van der Waals surface area contributed by atoms with Crippen molar-refractivity contribution >= 4 is 17.8 Å². The first kappa shape index (κ1) is 19.7. The number of nitro groups is 1. The molecule has 0 unspecified atom stereocenters. The Balaban J connectivity index is 1.77. The van der Waals surface area contributed by atoms with Crippen molar-refractivity contribution in [2.75, 3.05) is 0 Å². The Morgan fingerprint density at radius 3 is 2.72 bits per heavy atom. The number of rotatable bonds is 6. The predicted molar refractivity (Wildman–Crippen MR) is 109 cm³/mol. The van der Waals surface area contributed by atoms with Crippen LogP contribution in [0.5, 0.6) is 0 Å². The second-order valence-electron chi connectivity index (χ2n) is 6.36. The normalized spacial score (nSPS) is 10.8. The van der Waals surface area contributed by atoms with Crippen LogP contribution in [0.4, 0.5) is 5.69 Å². The van der Waals surface area contributed by atoms with Gasteiger partial charge in [-0.2, -0.15) is 5.10 Å². The number of nitrogens with zero attached hydrogens (tertiary/aromatic N) is 3. The van der Waals surface area contributed by atoms with E-state index in [2.05, 4.69) is 10.5 Å². The average molecular weight is 390 g/mol. The van der Waals surface area contributed by atoms with Gasteiger partial charge in [0.1, 0.15) is 5.56 Å². The Hall–Kier alpha value is -4.07. The van der Waals surface area contributed by atoms with E-state index in [-0.39, 0.29) is 16.8 Å². The number of carbonyl (C=O) groups excluding carboxylic acids is 1. The summed E-state index contributed by atoms with van der Waals surface area (Å²) in [5.74, 6) is -0.691. The van der Waals surface area contributed by atoms with Gasteiger partial charge in [0.15, 0.2) is 0 Å². The fourth-order valence-corrected chi connectivity index (χ4v) is 2.82. The molecule has 1 aromatic heterocycles. The Labute approximate surface area is 166 Å². The van der Waals surface area contributed by atoms with Gasteiger partial charge in [-0.1, -0.05) is 42.0 Å². The van der Waals surface area contributed by atoms with Gasteiger partial charge in [-0.3, -0.25) is 19.7 Å². The third-order valence-corrected chi connectivity index (χ3v) is 4.20. The number of amides is 1. The van der Waals surface area contributed by atoms with E-state index in [1.807, 2.05) is 31.2 Å². The molecular formula is C21H18N4O4. The summed E-state index contributed by atoms with van der Waals surface area (Å²) in [6.07, 6.45) is 2.78. The van der Waals surface area contributed by atoms with Crippen LogP contribution in [0.15, 0.2) is 76.8 Å². The maximum atomic E-state index is 12.6. The molecule has 0 radical (unpaired) electrons. The van der Waals surface area contributed by atoms with E-state index in [4.69, 9.17) is 0 Å². The highest BCUT2D eigenvalue weighted by molar-refractivity contribution is 5.94. The van der Waals surface area contributed by atoms with Gasteiger partial charge in [0.2, 0.25) is 0 Å². The Kier molecular flexibility index (Phi) is 5.94. The highest BCUT2D eigenvalue weighted by atomic mass is 16.6. The number of aromatic nitrogens is 1. The van der Waals surface area contributed by atoms with Gasteiger partial charge < -0.3 is 4.57 Å². The Morgan fingerprint density at radius 1 is 1.17 bits per heavy atom. The van der Waals surface area contributed by atoms with E-state index in [0.717, 1.165) is 11.1 Å². The molecule has 0 saturated heterocycles. The van der Waals surface area contributed by atoms with E-state index in [0.29, 0.717) is 6.54 Å². The Morgan fingerprint density at radius 2 is 1.97 bits per heavy atom. The number of para-hydroxylation sites is 1. The highest BCUT2D eigenvalue weighted by Crippen LogP contribution is 2.15. The van der Waals surface area contributed by atoms with E-state index in [9.17, 15) is 19.7 Å². The predicted octanol–water partition coefficient (Wildman–Crippen LogP) is 2.88. The summed E-state index contributed by atoms with van der Waals surface area (Å²) in [5.41, 5.74) is 3.85. The van der Waals surface area contributed by atoms with Gasteiger partial charge in [-0.15, -0.1) is 0 Å². The van der Waals surface area contributed by atoms with E-state index < -0.39 is 16.4 Å². The molecule has 0 aliphatic carbocycles. The first-order chi connectivity index (χ1) is 14.0. The number of pyridine rings is 1. The molecule has 3 rings (SSSR count). The lowest BCUT2D eigenvalue weighted by atomic mass is 10.1. The first-order valence-corrected chi connectivity index (χ1v) is 8.77. The number of benzene rings is 2. The molecule has 146 valence electrons. The van der Waals surface area contributed by atoms with Gasteiger partial charge in [0.05, 0.1) is 23.2 Å². The molecule has 0 aliphatic heterocycles. The highest BCUT2D eigenvalue weighted by Gasteiger charge is 2.13. The average Bonchev–Trinajstić information content (AvgIpc) is 2.70. The second-order valence-corrected chi connectivity index (χ2v) is 6.36. The van der Waals surface area contributed by atoms with Crippen LogP contribution in [0, 0.1) is 17.0 Å². The maximum absolute atomic E-state index is 12.6. The van der Waals surface area contributed by atoms with Crippen LogP contribution in [-0.2, 0) is 6.54 Å². The van der Waals surface area contributed by atoms with E-state index in [1.165, 1.54) is 35.0 Å². The van der Waals surface area contributed by atoms with Crippen molar-refractivity contribution in [3.8, 4) is 0 Å². The topological polar surface area (TPSA) is 107 Å². The van der Waals surface area contributed by atoms with E-state index in [1.54, 1.807) is 18.3 Å². The SMILES string of the molecule is Cc1cccc(Cn2cccc(C(=O)N/N=C\c3ccccc3[N+](=O)[O-])c2=O)c1. The molecule has 2 aromatic carbocycles. The lowest BCUT2D eigenvalue weighted by molar-refractivity contribution is -0.385. The molecule has 29 heavy (non-hydrogen) atoms. The Bertz CT molecular complexity index is 1150.